The molecule has 0 spiro atoms. The van der Waals surface area contributed by atoms with Gasteiger partial charge in [0.15, 0.2) is 0 Å². The van der Waals surface area contributed by atoms with Gasteiger partial charge >= 0.3 is 12.2 Å². The van der Waals surface area contributed by atoms with Crippen LogP contribution in [-0.4, -0.2) is 64.4 Å². The maximum atomic E-state index is 12.1. The predicted molar refractivity (Wildman–Crippen MR) is 197 cm³/mol. The van der Waals surface area contributed by atoms with E-state index in [-0.39, 0.29) is 38.1 Å². The minimum absolute atomic E-state index is 0.104. The molecule has 15 heteroatoms. The molecule has 280 valence electrons. The Labute approximate surface area is 313 Å². The van der Waals surface area contributed by atoms with Crippen LogP contribution in [0.2, 0.25) is 0 Å². The molecule has 0 fully saturated rings. The summed E-state index contributed by atoms with van der Waals surface area (Å²) in [5, 5.41) is 5.19. The Bertz CT molecular complexity index is 1970. The summed E-state index contributed by atoms with van der Waals surface area (Å²) in [6, 6.07) is 16.3. The van der Waals surface area contributed by atoms with E-state index in [1.165, 1.54) is 4.90 Å². The SMILES string of the molecule is Cc1cnc(CN2C(=O)c3ccccc3C2=O)nc1.Cc1cnc(CNC(=O)OC(C)(C)C)nc1.Cc1cnc(CNC(=O)OCc2ccccc2)nc1. The van der Waals surface area contributed by atoms with E-state index in [4.69, 9.17) is 9.47 Å². The van der Waals surface area contributed by atoms with Gasteiger partial charge in [0, 0.05) is 37.2 Å². The first-order valence-corrected chi connectivity index (χ1v) is 17.0. The minimum atomic E-state index is -0.488. The van der Waals surface area contributed by atoms with E-state index in [0.717, 1.165) is 22.3 Å². The number of imide groups is 1. The number of alkyl carbamates (subject to hydrolysis) is 2. The molecule has 5 aromatic rings. The third kappa shape index (κ3) is 13.2. The lowest BCUT2D eigenvalue weighted by atomic mass is 10.1. The van der Waals surface area contributed by atoms with Gasteiger partial charge in [0.05, 0.1) is 30.8 Å². The van der Waals surface area contributed by atoms with Crippen molar-refractivity contribution in [2.24, 2.45) is 0 Å². The van der Waals surface area contributed by atoms with Gasteiger partial charge in [-0.05, 0) is 75.9 Å². The molecule has 4 heterocycles. The van der Waals surface area contributed by atoms with Crippen LogP contribution in [0.5, 0.6) is 0 Å². The van der Waals surface area contributed by atoms with E-state index in [0.29, 0.717) is 28.6 Å². The molecule has 54 heavy (non-hydrogen) atoms. The lowest BCUT2D eigenvalue weighted by Gasteiger charge is -2.19. The highest BCUT2D eigenvalue weighted by molar-refractivity contribution is 6.21. The fraction of sp³-hybridized carbons (Fsp3) is 0.282. The number of ether oxygens (including phenoxy) is 2. The standard InChI is InChI=1S/C14H11N3O2.C14H15N3O2.C11H17N3O2/c1-9-6-15-12(16-7-9)8-17-13(18)10-4-2-3-5-11(10)14(17)19;1-11-7-15-13(16-8-11)9-17-14(18)19-10-12-5-3-2-4-6-12;1-8-5-12-9(13-6-8)7-14-10(15)16-11(2,3)4/h2-7H,8H2,1H3;2-8H,9-10H2,1H3,(H,17,18);5-6H,7H2,1-4H3,(H,14,15). The van der Waals surface area contributed by atoms with Gasteiger partial charge in [0.1, 0.15) is 29.7 Å². The number of nitrogens with one attached hydrogen (secondary N) is 2. The van der Waals surface area contributed by atoms with Crippen molar-refractivity contribution in [1.29, 1.82) is 0 Å². The molecule has 3 aromatic heterocycles. The number of aryl methyl sites for hydroxylation is 3. The second-order valence-electron chi connectivity index (χ2n) is 13.0. The van der Waals surface area contributed by atoms with Crippen LogP contribution < -0.4 is 10.6 Å². The molecule has 2 aromatic carbocycles. The molecule has 0 unspecified atom stereocenters. The molecule has 0 saturated carbocycles. The van der Waals surface area contributed by atoms with Crippen LogP contribution in [0.1, 0.15) is 81.2 Å². The summed E-state index contributed by atoms with van der Waals surface area (Å²) in [5.41, 5.74) is 4.25. The summed E-state index contributed by atoms with van der Waals surface area (Å²) in [4.78, 5) is 72.7. The van der Waals surface area contributed by atoms with Gasteiger partial charge in [-0.2, -0.15) is 0 Å². The van der Waals surface area contributed by atoms with Crippen LogP contribution >= 0.6 is 0 Å². The molecule has 0 atom stereocenters. The van der Waals surface area contributed by atoms with Crippen LogP contribution in [0, 0.1) is 20.8 Å². The highest BCUT2D eigenvalue weighted by Gasteiger charge is 2.35. The highest BCUT2D eigenvalue weighted by atomic mass is 16.6. The zero-order chi connectivity index (χ0) is 39.1. The number of hydrogen-bond acceptors (Lipinski definition) is 12. The number of aromatic nitrogens is 6. The van der Waals surface area contributed by atoms with Gasteiger partial charge in [-0.3, -0.25) is 14.5 Å². The van der Waals surface area contributed by atoms with Crippen molar-refractivity contribution >= 4 is 24.0 Å². The van der Waals surface area contributed by atoms with Crippen molar-refractivity contribution in [3.05, 3.63) is 143 Å². The maximum absolute atomic E-state index is 12.1. The molecule has 0 aliphatic carbocycles. The van der Waals surface area contributed by atoms with Crippen molar-refractivity contribution in [1.82, 2.24) is 45.4 Å². The Morgan fingerprint density at radius 2 is 1.02 bits per heavy atom. The van der Waals surface area contributed by atoms with Crippen molar-refractivity contribution in [3.63, 3.8) is 0 Å². The molecule has 0 radical (unpaired) electrons. The summed E-state index contributed by atoms with van der Waals surface area (Å²) >= 11 is 0. The molecule has 2 N–H and O–H groups in total. The van der Waals surface area contributed by atoms with Crippen LogP contribution in [0.4, 0.5) is 9.59 Å². The van der Waals surface area contributed by atoms with E-state index in [1.54, 1.807) is 61.4 Å². The summed E-state index contributed by atoms with van der Waals surface area (Å²) in [6.45, 7) is 12.0. The largest absolute Gasteiger partial charge is 0.445 e. The monoisotopic (exact) mass is 733 g/mol. The fourth-order valence-corrected chi connectivity index (χ4v) is 4.44. The number of nitrogens with zero attached hydrogens (tertiary/aromatic N) is 7. The van der Waals surface area contributed by atoms with Crippen molar-refractivity contribution in [2.45, 2.75) is 73.4 Å². The summed E-state index contributed by atoms with van der Waals surface area (Å²) in [6.07, 6.45) is 9.22. The van der Waals surface area contributed by atoms with E-state index in [1.807, 2.05) is 71.9 Å². The second kappa shape index (κ2) is 19.3. The van der Waals surface area contributed by atoms with Crippen LogP contribution in [0.25, 0.3) is 0 Å². The Kier molecular flexibility index (Phi) is 14.3. The summed E-state index contributed by atoms with van der Waals surface area (Å²) < 4.78 is 10.1. The molecule has 0 saturated heterocycles. The topological polar surface area (TPSA) is 191 Å². The number of benzene rings is 2. The zero-order valence-corrected chi connectivity index (χ0v) is 31.1. The average Bonchev–Trinajstić information content (AvgIpc) is 3.39. The quantitative estimate of drug-likeness (QED) is 0.188. The van der Waals surface area contributed by atoms with Gasteiger partial charge in [0.2, 0.25) is 0 Å². The highest BCUT2D eigenvalue weighted by Crippen LogP contribution is 2.23. The van der Waals surface area contributed by atoms with Crippen LogP contribution in [0.15, 0.2) is 91.8 Å². The Balaban J connectivity index is 0.000000182. The van der Waals surface area contributed by atoms with Gasteiger partial charge in [0.25, 0.3) is 11.8 Å². The summed E-state index contributed by atoms with van der Waals surface area (Å²) in [7, 11) is 0. The lowest BCUT2D eigenvalue weighted by molar-refractivity contribution is 0.0520. The molecule has 1 aliphatic heterocycles. The second-order valence-corrected chi connectivity index (χ2v) is 13.0. The van der Waals surface area contributed by atoms with E-state index >= 15 is 0 Å². The van der Waals surface area contributed by atoms with Gasteiger partial charge in [-0.15, -0.1) is 0 Å². The van der Waals surface area contributed by atoms with Gasteiger partial charge in [-0.1, -0.05) is 42.5 Å². The Hall–Kier alpha value is -6.64. The predicted octanol–water partition coefficient (Wildman–Crippen LogP) is 5.60. The molecular formula is C39H43N9O6. The number of rotatable bonds is 8. The number of hydrogen-bond donors (Lipinski definition) is 2. The first-order chi connectivity index (χ1) is 25.8. The smallest absolute Gasteiger partial charge is 0.408 e. The van der Waals surface area contributed by atoms with E-state index < -0.39 is 17.8 Å². The average molecular weight is 734 g/mol. The lowest BCUT2D eigenvalue weighted by Crippen LogP contribution is -2.32. The number of amides is 4. The molecule has 15 nitrogen and oxygen atoms in total. The van der Waals surface area contributed by atoms with E-state index in [2.05, 4.69) is 40.5 Å². The van der Waals surface area contributed by atoms with Crippen LogP contribution in [-0.2, 0) is 35.7 Å². The van der Waals surface area contributed by atoms with Crippen molar-refractivity contribution in [3.8, 4) is 0 Å². The number of fused-ring (bicyclic) bond motifs is 1. The first-order valence-electron chi connectivity index (χ1n) is 17.0. The summed E-state index contributed by atoms with van der Waals surface area (Å²) in [5.74, 6) is 1.01. The maximum Gasteiger partial charge on any atom is 0.408 e. The van der Waals surface area contributed by atoms with Gasteiger partial charge < -0.3 is 20.1 Å². The van der Waals surface area contributed by atoms with E-state index in [9.17, 15) is 19.2 Å². The number of carbonyl (C=O) groups excluding carboxylic acids is 4. The van der Waals surface area contributed by atoms with Crippen molar-refractivity contribution in [2.75, 3.05) is 0 Å². The third-order valence-corrected chi connectivity index (χ3v) is 7.07. The third-order valence-electron chi connectivity index (χ3n) is 7.07. The molecular weight excluding hydrogens is 690 g/mol. The zero-order valence-electron chi connectivity index (χ0n) is 31.1. The first kappa shape index (κ1) is 40.1. The molecule has 0 bridgehead atoms. The van der Waals surface area contributed by atoms with Crippen LogP contribution in [0.3, 0.4) is 0 Å². The van der Waals surface area contributed by atoms with Gasteiger partial charge in [-0.25, -0.2) is 39.5 Å². The Morgan fingerprint density at radius 3 is 1.46 bits per heavy atom. The Morgan fingerprint density at radius 1 is 0.611 bits per heavy atom. The molecule has 4 amide bonds. The molecule has 1 aliphatic rings. The minimum Gasteiger partial charge on any atom is -0.445 e. The fourth-order valence-electron chi connectivity index (χ4n) is 4.44. The van der Waals surface area contributed by atoms with Crippen molar-refractivity contribution < 1.29 is 28.7 Å². The normalized spacial score (nSPS) is 11.6. The number of carbonyl (C=O) groups is 4. The molecule has 6 rings (SSSR count).